The van der Waals surface area contributed by atoms with E-state index in [-0.39, 0.29) is 23.1 Å². The Morgan fingerprint density at radius 3 is 2.42 bits per heavy atom. The predicted octanol–water partition coefficient (Wildman–Crippen LogP) is 1.48. The summed E-state index contributed by atoms with van der Waals surface area (Å²) in [7, 11) is -0.492. The van der Waals surface area contributed by atoms with Crippen LogP contribution in [0.25, 0.3) is 0 Å². The van der Waals surface area contributed by atoms with Gasteiger partial charge in [-0.1, -0.05) is 0 Å². The number of methoxy groups -OCH3 is 2. The van der Waals surface area contributed by atoms with Crippen molar-refractivity contribution in [1.29, 1.82) is 0 Å². The topological polar surface area (TPSA) is 102 Å². The van der Waals surface area contributed by atoms with E-state index in [9.17, 15) is 18.0 Å². The number of hydrogen-bond acceptors (Lipinski definition) is 6. The largest absolute Gasteiger partial charge is 0.497 e. The molecule has 0 atom stereocenters. The summed E-state index contributed by atoms with van der Waals surface area (Å²) in [5.74, 6) is -0.609. The molecule has 1 amide bonds. The SMILES string of the molecule is CCS(=O)(=O)N1CCC(C(=O)Nc2ccc(OC)cc2C(=O)OC)CC1. The summed E-state index contributed by atoms with van der Waals surface area (Å²) in [5, 5.41) is 2.75. The molecule has 1 aliphatic heterocycles. The lowest BCUT2D eigenvalue weighted by Crippen LogP contribution is -2.42. The average Bonchev–Trinajstić information content (AvgIpc) is 2.67. The first kappa shape index (κ1) is 20.2. The van der Waals surface area contributed by atoms with Crippen LogP contribution in [-0.2, 0) is 19.6 Å². The summed E-state index contributed by atoms with van der Waals surface area (Å²) in [5.41, 5.74) is 0.539. The van der Waals surface area contributed by atoms with Crippen LogP contribution in [0.2, 0.25) is 0 Å². The van der Waals surface area contributed by atoms with E-state index >= 15 is 0 Å². The molecule has 1 heterocycles. The van der Waals surface area contributed by atoms with E-state index in [1.54, 1.807) is 19.1 Å². The van der Waals surface area contributed by atoms with E-state index in [4.69, 9.17) is 9.47 Å². The Kier molecular flexibility index (Phi) is 6.60. The third-order valence-corrected chi connectivity index (χ3v) is 6.35. The molecule has 9 heteroatoms. The van der Waals surface area contributed by atoms with Gasteiger partial charge in [0, 0.05) is 19.0 Å². The van der Waals surface area contributed by atoms with Gasteiger partial charge in [-0.2, -0.15) is 0 Å². The molecule has 0 spiro atoms. The summed E-state index contributed by atoms with van der Waals surface area (Å²) in [6.07, 6.45) is 0.879. The highest BCUT2D eigenvalue weighted by atomic mass is 32.2. The fraction of sp³-hybridized carbons (Fsp3) is 0.529. The molecule has 0 aliphatic carbocycles. The van der Waals surface area contributed by atoms with Crippen LogP contribution in [0.3, 0.4) is 0 Å². The van der Waals surface area contributed by atoms with Gasteiger partial charge in [0.2, 0.25) is 15.9 Å². The minimum absolute atomic E-state index is 0.0538. The van der Waals surface area contributed by atoms with Crippen LogP contribution in [-0.4, -0.2) is 57.7 Å². The number of anilines is 1. The van der Waals surface area contributed by atoms with Crippen molar-refractivity contribution in [3.05, 3.63) is 23.8 Å². The van der Waals surface area contributed by atoms with Gasteiger partial charge in [-0.05, 0) is 38.0 Å². The van der Waals surface area contributed by atoms with Gasteiger partial charge < -0.3 is 14.8 Å². The summed E-state index contributed by atoms with van der Waals surface area (Å²) in [6.45, 7) is 2.24. The first-order chi connectivity index (χ1) is 12.3. The molecule has 0 bridgehead atoms. The maximum Gasteiger partial charge on any atom is 0.340 e. The Hall–Kier alpha value is -2.13. The standard InChI is InChI=1S/C17H24N2O6S/c1-4-26(22,23)19-9-7-12(8-10-19)16(20)18-15-6-5-13(24-2)11-14(15)17(21)25-3/h5-6,11-12H,4,7-10H2,1-3H3,(H,18,20). The van der Waals surface area contributed by atoms with E-state index in [1.807, 2.05) is 0 Å². The highest BCUT2D eigenvalue weighted by Gasteiger charge is 2.30. The number of sulfonamides is 1. The Morgan fingerprint density at radius 1 is 1.23 bits per heavy atom. The van der Waals surface area contributed by atoms with Crippen molar-refractivity contribution >= 4 is 27.6 Å². The highest BCUT2D eigenvalue weighted by Crippen LogP contribution is 2.26. The second kappa shape index (κ2) is 8.50. The third-order valence-electron chi connectivity index (χ3n) is 4.47. The zero-order valence-corrected chi connectivity index (χ0v) is 16.0. The van der Waals surface area contributed by atoms with Gasteiger partial charge in [0.25, 0.3) is 0 Å². The maximum absolute atomic E-state index is 12.5. The second-order valence-electron chi connectivity index (χ2n) is 5.97. The molecule has 26 heavy (non-hydrogen) atoms. The number of nitrogens with one attached hydrogen (secondary N) is 1. The van der Waals surface area contributed by atoms with Crippen LogP contribution < -0.4 is 10.1 Å². The van der Waals surface area contributed by atoms with E-state index in [0.717, 1.165) is 0 Å². The van der Waals surface area contributed by atoms with Gasteiger partial charge in [0.15, 0.2) is 0 Å². The zero-order chi connectivity index (χ0) is 19.3. The normalized spacial score (nSPS) is 16.1. The number of carbonyl (C=O) groups excluding carboxylic acids is 2. The molecule has 0 aromatic heterocycles. The van der Waals surface area contributed by atoms with Gasteiger partial charge in [-0.15, -0.1) is 0 Å². The van der Waals surface area contributed by atoms with Crippen LogP contribution in [0.4, 0.5) is 5.69 Å². The van der Waals surface area contributed by atoms with Crippen molar-refractivity contribution in [3.63, 3.8) is 0 Å². The van der Waals surface area contributed by atoms with Crippen LogP contribution in [0.5, 0.6) is 5.75 Å². The van der Waals surface area contributed by atoms with Crippen molar-refractivity contribution in [1.82, 2.24) is 4.31 Å². The van der Waals surface area contributed by atoms with Gasteiger partial charge in [-0.3, -0.25) is 4.79 Å². The number of hydrogen-bond donors (Lipinski definition) is 1. The summed E-state index contributed by atoms with van der Waals surface area (Å²) < 4.78 is 35.1. The number of carbonyl (C=O) groups is 2. The summed E-state index contributed by atoms with van der Waals surface area (Å²) in [4.78, 5) is 24.5. The van der Waals surface area contributed by atoms with Gasteiger partial charge in [-0.25, -0.2) is 17.5 Å². The summed E-state index contributed by atoms with van der Waals surface area (Å²) >= 11 is 0. The van der Waals surface area contributed by atoms with Crippen LogP contribution in [0.15, 0.2) is 18.2 Å². The zero-order valence-electron chi connectivity index (χ0n) is 15.1. The minimum Gasteiger partial charge on any atom is -0.497 e. The third kappa shape index (κ3) is 4.53. The fourth-order valence-corrected chi connectivity index (χ4v) is 3.98. The van der Waals surface area contributed by atoms with Gasteiger partial charge >= 0.3 is 5.97 Å². The first-order valence-corrected chi connectivity index (χ1v) is 9.98. The quantitative estimate of drug-likeness (QED) is 0.746. The van der Waals surface area contributed by atoms with Crippen molar-refractivity contribution in [2.24, 2.45) is 5.92 Å². The number of benzene rings is 1. The minimum atomic E-state index is -3.23. The molecule has 1 saturated heterocycles. The van der Waals surface area contributed by atoms with Crippen molar-refractivity contribution < 1.29 is 27.5 Å². The lowest BCUT2D eigenvalue weighted by Gasteiger charge is -2.30. The lowest BCUT2D eigenvalue weighted by molar-refractivity contribution is -0.120. The number of esters is 1. The number of amides is 1. The van der Waals surface area contributed by atoms with Crippen molar-refractivity contribution in [3.8, 4) is 5.75 Å². The van der Waals surface area contributed by atoms with E-state index in [1.165, 1.54) is 24.6 Å². The molecule has 0 saturated carbocycles. The number of piperidine rings is 1. The highest BCUT2D eigenvalue weighted by molar-refractivity contribution is 7.89. The molecule has 1 N–H and O–H groups in total. The monoisotopic (exact) mass is 384 g/mol. The predicted molar refractivity (Wildman–Crippen MR) is 96.7 cm³/mol. The van der Waals surface area contributed by atoms with E-state index < -0.39 is 16.0 Å². The first-order valence-electron chi connectivity index (χ1n) is 8.37. The van der Waals surface area contributed by atoms with Crippen LogP contribution >= 0.6 is 0 Å². The van der Waals surface area contributed by atoms with Crippen molar-refractivity contribution in [2.45, 2.75) is 19.8 Å². The lowest BCUT2D eigenvalue weighted by atomic mass is 9.97. The molecule has 2 rings (SSSR count). The Bertz CT molecular complexity index is 769. The molecule has 8 nitrogen and oxygen atoms in total. The maximum atomic E-state index is 12.5. The molecule has 1 aliphatic rings. The number of rotatable bonds is 6. The molecule has 1 aromatic rings. The molecular weight excluding hydrogens is 360 g/mol. The second-order valence-corrected chi connectivity index (χ2v) is 8.22. The van der Waals surface area contributed by atoms with Crippen LogP contribution in [0.1, 0.15) is 30.1 Å². The fourth-order valence-electron chi connectivity index (χ4n) is 2.85. The Balaban J connectivity index is 2.08. The van der Waals surface area contributed by atoms with E-state index in [2.05, 4.69) is 5.32 Å². The molecule has 1 aromatic carbocycles. The molecular formula is C17H24N2O6S. The molecule has 1 fully saturated rings. The molecule has 0 radical (unpaired) electrons. The van der Waals surface area contributed by atoms with Crippen LogP contribution in [0, 0.1) is 5.92 Å². The smallest absolute Gasteiger partial charge is 0.340 e. The van der Waals surface area contributed by atoms with Crippen molar-refractivity contribution in [2.75, 3.05) is 38.4 Å². The van der Waals surface area contributed by atoms with Gasteiger partial charge in [0.1, 0.15) is 5.75 Å². The number of ether oxygens (including phenoxy) is 2. The van der Waals surface area contributed by atoms with E-state index in [0.29, 0.717) is 37.4 Å². The molecule has 144 valence electrons. The average molecular weight is 384 g/mol. The Morgan fingerprint density at radius 2 is 1.88 bits per heavy atom. The number of nitrogens with zero attached hydrogens (tertiary/aromatic N) is 1. The molecule has 0 unspecified atom stereocenters. The van der Waals surface area contributed by atoms with Gasteiger partial charge in [0.05, 0.1) is 31.2 Å². The summed E-state index contributed by atoms with van der Waals surface area (Å²) in [6, 6.07) is 4.72. The Labute approximate surface area is 153 Å².